The van der Waals surface area contributed by atoms with Crippen molar-refractivity contribution < 1.29 is 9.53 Å². The van der Waals surface area contributed by atoms with Gasteiger partial charge in [0.2, 0.25) is 0 Å². The van der Waals surface area contributed by atoms with Crippen molar-refractivity contribution in [2.24, 2.45) is 0 Å². The van der Waals surface area contributed by atoms with E-state index in [0.717, 1.165) is 24.1 Å². The number of ether oxygens (including phenoxy) is 1. The van der Waals surface area contributed by atoms with Crippen molar-refractivity contribution in [2.45, 2.75) is 26.2 Å². The van der Waals surface area contributed by atoms with Crippen LogP contribution in [0.4, 0.5) is 0 Å². The van der Waals surface area contributed by atoms with E-state index >= 15 is 0 Å². The number of thiophene rings is 1. The van der Waals surface area contributed by atoms with Gasteiger partial charge in [-0.2, -0.15) is 0 Å². The lowest BCUT2D eigenvalue weighted by atomic mass is 10.0. The van der Waals surface area contributed by atoms with Gasteiger partial charge in [-0.15, -0.1) is 11.3 Å². The van der Waals surface area contributed by atoms with Gasteiger partial charge in [0, 0.05) is 4.88 Å². The van der Waals surface area contributed by atoms with E-state index in [1.54, 1.807) is 11.3 Å². The highest BCUT2D eigenvalue weighted by atomic mass is 32.1. The maximum atomic E-state index is 11.8. The summed E-state index contributed by atoms with van der Waals surface area (Å²) in [4.78, 5) is 13.9. The summed E-state index contributed by atoms with van der Waals surface area (Å²) in [6, 6.07) is 10.5. The predicted molar refractivity (Wildman–Crippen MR) is 77.7 cm³/mol. The molecule has 19 heavy (non-hydrogen) atoms. The van der Waals surface area contributed by atoms with Crippen LogP contribution < -0.4 is 0 Å². The molecule has 0 fully saturated rings. The third-order valence-corrected chi connectivity index (χ3v) is 4.62. The fourth-order valence-electron chi connectivity index (χ4n) is 2.59. The van der Waals surface area contributed by atoms with E-state index in [1.807, 2.05) is 13.0 Å². The van der Waals surface area contributed by atoms with Gasteiger partial charge in [0.15, 0.2) is 0 Å². The molecule has 0 atom stereocenters. The molecule has 1 heterocycles. The zero-order valence-electron chi connectivity index (χ0n) is 10.9. The number of carbonyl (C=O) groups excluding carboxylic acids is 1. The van der Waals surface area contributed by atoms with Crippen LogP contribution in [0.1, 0.15) is 33.5 Å². The van der Waals surface area contributed by atoms with E-state index in [9.17, 15) is 4.79 Å². The summed E-state index contributed by atoms with van der Waals surface area (Å²) >= 11 is 1.59. The summed E-state index contributed by atoms with van der Waals surface area (Å²) in [5, 5.41) is 0. The lowest BCUT2D eigenvalue weighted by Gasteiger charge is -2.04. The summed E-state index contributed by atoms with van der Waals surface area (Å²) in [6.07, 6.45) is 3.31. The van der Waals surface area contributed by atoms with Crippen molar-refractivity contribution in [1.82, 2.24) is 0 Å². The maximum Gasteiger partial charge on any atom is 0.348 e. The van der Waals surface area contributed by atoms with Gasteiger partial charge >= 0.3 is 5.97 Å². The molecule has 1 aliphatic rings. The highest BCUT2D eigenvalue weighted by Crippen LogP contribution is 2.37. The maximum absolute atomic E-state index is 11.8. The molecule has 98 valence electrons. The van der Waals surface area contributed by atoms with Crippen molar-refractivity contribution in [3.05, 3.63) is 45.6 Å². The number of aryl methyl sites for hydroxylation is 2. The second-order valence-electron chi connectivity index (χ2n) is 4.68. The number of hydrogen-bond acceptors (Lipinski definition) is 3. The number of benzene rings is 1. The average molecular weight is 272 g/mol. The first-order valence-electron chi connectivity index (χ1n) is 6.67. The van der Waals surface area contributed by atoms with E-state index < -0.39 is 0 Å². The number of hydrogen-bond donors (Lipinski definition) is 0. The third-order valence-electron chi connectivity index (χ3n) is 3.44. The minimum absolute atomic E-state index is 0.196. The van der Waals surface area contributed by atoms with E-state index in [1.165, 1.54) is 21.6 Å². The van der Waals surface area contributed by atoms with Crippen molar-refractivity contribution >= 4 is 17.3 Å². The minimum atomic E-state index is -0.196. The molecule has 0 unspecified atom stereocenters. The standard InChI is InChI=1S/C16H16O2S/c1-2-18-16(17)15-10-13-12-8-4-3-6-11(12)7-5-9-14(13)19-15/h3-4,6,8,10H,2,5,7,9H2,1H3. The van der Waals surface area contributed by atoms with Gasteiger partial charge in [-0.25, -0.2) is 4.79 Å². The molecule has 0 amide bonds. The van der Waals surface area contributed by atoms with Crippen LogP contribution in [0.25, 0.3) is 11.1 Å². The van der Waals surface area contributed by atoms with Crippen LogP contribution in [-0.2, 0) is 17.6 Å². The monoisotopic (exact) mass is 272 g/mol. The zero-order chi connectivity index (χ0) is 13.2. The smallest absolute Gasteiger partial charge is 0.348 e. The van der Waals surface area contributed by atoms with Crippen LogP contribution in [0.3, 0.4) is 0 Å². The Hall–Kier alpha value is -1.61. The van der Waals surface area contributed by atoms with E-state index in [-0.39, 0.29) is 5.97 Å². The molecule has 3 rings (SSSR count). The first-order valence-corrected chi connectivity index (χ1v) is 7.49. The van der Waals surface area contributed by atoms with Gasteiger partial charge in [-0.05, 0) is 48.9 Å². The van der Waals surface area contributed by atoms with Gasteiger partial charge in [0.25, 0.3) is 0 Å². The fourth-order valence-corrected chi connectivity index (χ4v) is 3.70. The molecule has 0 saturated heterocycles. The van der Waals surface area contributed by atoms with Crippen LogP contribution in [-0.4, -0.2) is 12.6 Å². The number of rotatable bonds is 2. The van der Waals surface area contributed by atoms with E-state index in [4.69, 9.17) is 4.74 Å². The van der Waals surface area contributed by atoms with Gasteiger partial charge in [-0.3, -0.25) is 0 Å². The van der Waals surface area contributed by atoms with Gasteiger partial charge < -0.3 is 4.74 Å². The quantitative estimate of drug-likeness (QED) is 0.770. The molecule has 0 aliphatic heterocycles. The van der Waals surface area contributed by atoms with Crippen LogP contribution in [0.2, 0.25) is 0 Å². The number of carbonyl (C=O) groups is 1. The lowest BCUT2D eigenvalue weighted by molar-refractivity contribution is 0.0532. The van der Waals surface area contributed by atoms with Crippen LogP contribution in [0.15, 0.2) is 30.3 Å². The molecule has 3 heteroatoms. The molecule has 0 bridgehead atoms. The Morgan fingerprint density at radius 3 is 2.95 bits per heavy atom. The topological polar surface area (TPSA) is 26.3 Å². The Labute approximate surface area is 117 Å². The Balaban J connectivity index is 2.06. The molecule has 1 aromatic carbocycles. The summed E-state index contributed by atoms with van der Waals surface area (Å²) in [5.74, 6) is -0.196. The lowest BCUT2D eigenvalue weighted by Crippen LogP contribution is -2.01. The molecule has 0 radical (unpaired) electrons. The predicted octanol–water partition coefficient (Wildman–Crippen LogP) is 4.08. The Morgan fingerprint density at radius 2 is 2.11 bits per heavy atom. The van der Waals surface area contributed by atoms with E-state index in [0.29, 0.717) is 6.61 Å². The second kappa shape index (κ2) is 5.17. The molecule has 1 aromatic heterocycles. The van der Waals surface area contributed by atoms with Gasteiger partial charge in [-0.1, -0.05) is 24.3 Å². The Bertz CT molecular complexity index is 613. The molecule has 2 aromatic rings. The molecule has 1 aliphatic carbocycles. The summed E-state index contributed by atoms with van der Waals surface area (Å²) < 4.78 is 5.10. The van der Waals surface area contributed by atoms with Gasteiger partial charge in [0.1, 0.15) is 4.88 Å². The summed E-state index contributed by atoms with van der Waals surface area (Å²) in [5.41, 5.74) is 3.89. The van der Waals surface area contributed by atoms with Crippen molar-refractivity contribution in [2.75, 3.05) is 6.61 Å². The highest BCUT2D eigenvalue weighted by molar-refractivity contribution is 7.14. The summed E-state index contributed by atoms with van der Waals surface area (Å²) in [7, 11) is 0. The van der Waals surface area contributed by atoms with Gasteiger partial charge in [0.05, 0.1) is 6.61 Å². The Morgan fingerprint density at radius 1 is 1.26 bits per heavy atom. The number of esters is 1. The normalized spacial score (nSPS) is 13.3. The molecule has 0 spiro atoms. The number of fused-ring (bicyclic) bond motifs is 3. The van der Waals surface area contributed by atoms with Crippen molar-refractivity contribution in [3.63, 3.8) is 0 Å². The molecular weight excluding hydrogens is 256 g/mol. The fraction of sp³-hybridized carbons (Fsp3) is 0.312. The highest BCUT2D eigenvalue weighted by Gasteiger charge is 2.20. The van der Waals surface area contributed by atoms with Crippen LogP contribution in [0, 0.1) is 0 Å². The molecule has 2 nitrogen and oxygen atoms in total. The SMILES string of the molecule is CCOC(=O)c1cc2c(s1)CCCc1ccccc1-2. The zero-order valence-corrected chi connectivity index (χ0v) is 11.8. The van der Waals surface area contributed by atoms with Crippen molar-refractivity contribution in [3.8, 4) is 11.1 Å². The second-order valence-corrected chi connectivity index (χ2v) is 5.82. The van der Waals surface area contributed by atoms with Crippen molar-refractivity contribution in [1.29, 1.82) is 0 Å². The average Bonchev–Trinajstić information content (AvgIpc) is 2.77. The third kappa shape index (κ3) is 2.30. The molecule has 0 N–H and O–H groups in total. The largest absolute Gasteiger partial charge is 0.462 e. The summed E-state index contributed by atoms with van der Waals surface area (Å²) in [6.45, 7) is 2.27. The first kappa shape index (κ1) is 12.4. The molecule has 0 saturated carbocycles. The van der Waals surface area contributed by atoms with E-state index in [2.05, 4.69) is 24.3 Å². The Kier molecular flexibility index (Phi) is 3.38. The minimum Gasteiger partial charge on any atom is -0.462 e. The molecular formula is C16H16O2S. The first-order chi connectivity index (χ1) is 9.29. The van der Waals surface area contributed by atoms with Crippen LogP contribution >= 0.6 is 11.3 Å². The van der Waals surface area contributed by atoms with Crippen LogP contribution in [0.5, 0.6) is 0 Å².